The van der Waals surface area contributed by atoms with Gasteiger partial charge in [0.05, 0.1) is 0 Å². The minimum absolute atomic E-state index is 0. The van der Waals surface area contributed by atoms with Crippen LogP contribution < -0.4 is 40.6 Å². The molecule has 1 heterocycles. The van der Waals surface area contributed by atoms with Gasteiger partial charge in [0.2, 0.25) is 5.91 Å². The van der Waals surface area contributed by atoms with E-state index in [1.807, 2.05) is 5.32 Å². The van der Waals surface area contributed by atoms with Crippen LogP contribution in [0.4, 0.5) is 0 Å². The summed E-state index contributed by atoms with van der Waals surface area (Å²) >= 11 is 0. The van der Waals surface area contributed by atoms with Crippen LogP contribution in [0.3, 0.4) is 0 Å². The predicted molar refractivity (Wildman–Crippen MR) is 53.5 cm³/mol. The third-order valence-corrected chi connectivity index (χ3v) is 3.22. The maximum atomic E-state index is 11.5. The topological polar surface area (TPSA) is 170 Å². The number of rotatable bonds is 4. The summed E-state index contributed by atoms with van der Waals surface area (Å²) in [5.74, 6) is -3.68. The molecule has 1 saturated heterocycles. The third kappa shape index (κ3) is 3.64. The molecule has 1 fully saturated rings. The molecule has 0 saturated carbocycles. The Bertz CT molecular complexity index is 507. The number of hydrogen-bond donors (Lipinski definition) is 3. The van der Waals surface area contributed by atoms with Gasteiger partial charge in [-0.1, -0.05) is 0 Å². The summed E-state index contributed by atoms with van der Waals surface area (Å²) in [6, 6.07) is -4.49. The molecule has 0 radical (unpaired) electrons. The number of aliphatic carboxylic acids is 1. The summed E-state index contributed by atoms with van der Waals surface area (Å²) in [5.41, 5.74) is 5.20. The molecule has 102 valence electrons. The molecule has 2 amide bonds. The number of carbonyl (C=O) groups excluding carboxylic acids is 2. The van der Waals surface area contributed by atoms with Gasteiger partial charge in [-0.15, -0.1) is 0 Å². The van der Waals surface area contributed by atoms with Crippen molar-refractivity contribution < 1.29 is 62.0 Å². The summed E-state index contributed by atoms with van der Waals surface area (Å²) in [6.07, 6.45) is 0. The van der Waals surface area contributed by atoms with Crippen LogP contribution in [-0.4, -0.2) is 58.3 Å². The van der Waals surface area contributed by atoms with Gasteiger partial charge in [-0.2, -0.15) is 0 Å². The Morgan fingerprint density at radius 2 is 2.00 bits per heavy atom. The molecule has 0 aromatic rings. The van der Waals surface area contributed by atoms with E-state index in [1.54, 1.807) is 0 Å². The van der Waals surface area contributed by atoms with E-state index in [-0.39, 0.29) is 33.9 Å². The second-order valence-corrected chi connectivity index (χ2v) is 4.88. The minimum atomic E-state index is -5.15. The molecule has 0 aliphatic carbocycles. The van der Waals surface area contributed by atoms with E-state index in [4.69, 9.17) is 10.8 Å². The van der Waals surface area contributed by atoms with Crippen LogP contribution in [0.1, 0.15) is 6.92 Å². The monoisotopic (exact) mass is 303 g/mol. The van der Waals surface area contributed by atoms with E-state index in [0.717, 1.165) is 6.92 Å². The van der Waals surface area contributed by atoms with Gasteiger partial charge in [0.15, 0.2) is 10.3 Å². The molecule has 1 unspecified atom stereocenters. The molecule has 19 heavy (non-hydrogen) atoms. The average molecular weight is 303 g/mol. The Morgan fingerprint density at radius 1 is 1.53 bits per heavy atom. The first-order valence-corrected chi connectivity index (χ1v) is 6.01. The van der Waals surface area contributed by atoms with Crippen LogP contribution in [0.25, 0.3) is 0 Å². The van der Waals surface area contributed by atoms with Crippen molar-refractivity contribution in [2.45, 2.75) is 25.0 Å². The molecule has 0 aromatic heterocycles. The standard InChI is InChI=1S/C7H11N3O7S.Na/c1-2(7(13)14)9-5(11)4-3(8)6(12)10(4)18(15,16)17;/h2-4H,8H2,1H3,(H,9,11)(H,13,14)(H,15,16,17);/q;+1/p-1/t2?,3-,4-;/m1./s1. The number of carbonyl (C=O) groups is 3. The number of nitrogens with zero attached hydrogens (tertiary/aromatic N) is 1. The normalized spacial score (nSPS) is 23.9. The number of carboxylic acids is 1. The first kappa shape index (κ1) is 18.3. The van der Waals surface area contributed by atoms with Crippen molar-refractivity contribution in [2.24, 2.45) is 5.73 Å². The maximum absolute atomic E-state index is 11.5. The molecule has 0 spiro atoms. The fourth-order valence-electron chi connectivity index (χ4n) is 1.36. The number of amides is 2. The molecule has 0 bridgehead atoms. The van der Waals surface area contributed by atoms with Gasteiger partial charge in [0.1, 0.15) is 18.1 Å². The molecule has 1 aliphatic rings. The number of β-lactam (4-membered cyclic amide) rings is 1. The predicted octanol–water partition coefficient (Wildman–Crippen LogP) is -6.42. The average Bonchev–Trinajstić information content (AvgIpc) is 2.21. The van der Waals surface area contributed by atoms with E-state index in [9.17, 15) is 27.4 Å². The van der Waals surface area contributed by atoms with E-state index in [1.165, 1.54) is 0 Å². The smallest absolute Gasteiger partial charge is 0.731 e. The van der Waals surface area contributed by atoms with E-state index in [0.29, 0.717) is 0 Å². The van der Waals surface area contributed by atoms with Crippen LogP contribution >= 0.6 is 0 Å². The van der Waals surface area contributed by atoms with Crippen molar-refractivity contribution >= 4 is 28.1 Å². The van der Waals surface area contributed by atoms with Gasteiger partial charge < -0.3 is 20.7 Å². The van der Waals surface area contributed by atoms with Gasteiger partial charge in [-0.25, -0.2) is 12.7 Å². The van der Waals surface area contributed by atoms with Crippen LogP contribution in [0.5, 0.6) is 0 Å². The largest absolute Gasteiger partial charge is 1.00 e. The van der Waals surface area contributed by atoms with Crippen molar-refractivity contribution in [3.63, 3.8) is 0 Å². The van der Waals surface area contributed by atoms with E-state index in [2.05, 4.69) is 0 Å². The van der Waals surface area contributed by atoms with Crippen molar-refractivity contribution in [1.82, 2.24) is 9.62 Å². The quantitative estimate of drug-likeness (QED) is 0.261. The Balaban J connectivity index is 0.00000324. The van der Waals surface area contributed by atoms with Crippen molar-refractivity contribution in [2.75, 3.05) is 0 Å². The Morgan fingerprint density at radius 3 is 2.37 bits per heavy atom. The second-order valence-electron chi connectivity index (χ2n) is 3.63. The number of nitrogens with two attached hydrogens (primary N) is 1. The van der Waals surface area contributed by atoms with Crippen molar-refractivity contribution in [3.8, 4) is 0 Å². The van der Waals surface area contributed by atoms with Gasteiger partial charge in [-0.05, 0) is 6.92 Å². The van der Waals surface area contributed by atoms with Crippen molar-refractivity contribution in [1.29, 1.82) is 0 Å². The first-order valence-electron chi connectivity index (χ1n) is 4.65. The van der Waals surface area contributed by atoms with Crippen LogP contribution in [0.15, 0.2) is 0 Å². The fourth-order valence-corrected chi connectivity index (χ4v) is 2.21. The van der Waals surface area contributed by atoms with Gasteiger partial charge in [0.25, 0.3) is 5.91 Å². The van der Waals surface area contributed by atoms with Gasteiger partial charge >= 0.3 is 35.5 Å². The molecule has 1 rings (SSSR count). The van der Waals surface area contributed by atoms with Crippen molar-refractivity contribution in [3.05, 3.63) is 0 Å². The van der Waals surface area contributed by atoms with Gasteiger partial charge in [-0.3, -0.25) is 14.4 Å². The SMILES string of the molecule is CC(NC(=O)[C@H]1[C@@H](N)C(=O)N1S(=O)(=O)[O-])C(=O)O.[Na+]. The number of carboxylic acid groups (broad SMARTS) is 1. The second kappa shape index (κ2) is 6.15. The van der Waals surface area contributed by atoms with E-state index >= 15 is 0 Å². The number of nitrogens with one attached hydrogen (secondary N) is 1. The fraction of sp³-hybridized carbons (Fsp3) is 0.571. The minimum Gasteiger partial charge on any atom is -0.731 e. The Labute approximate surface area is 130 Å². The van der Waals surface area contributed by atoms with Crippen LogP contribution in [-0.2, 0) is 24.7 Å². The van der Waals surface area contributed by atoms with E-state index < -0.39 is 46.2 Å². The molecule has 1 aliphatic heterocycles. The Kier molecular flexibility index (Phi) is 5.92. The molecule has 0 aromatic carbocycles. The molecule has 3 atom stereocenters. The first-order chi connectivity index (χ1) is 8.07. The molecule has 4 N–H and O–H groups in total. The zero-order valence-electron chi connectivity index (χ0n) is 10.1. The van der Waals surface area contributed by atoms with Crippen LogP contribution in [0.2, 0.25) is 0 Å². The Hall–Kier alpha value is -0.720. The molecule has 10 nitrogen and oxygen atoms in total. The van der Waals surface area contributed by atoms with Crippen LogP contribution in [0, 0.1) is 0 Å². The molecule has 12 heteroatoms. The summed E-state index contributed by atoms with van der Waals surface area (Å²) in [7, 11) is -5.15. The summed E-state index contributed by atoms with van der Waals surface area (Å²) in [6.45, 7) is 1.13. The summed E-state index contributed by atoms with van der Waals surface area (Å²) in [5, 5.41) is 10.5. The molecular weight excluding hydrogens is 293 g/mol. The summed E-state index contributed by atoms with van der Waals surface area (Å²) < 4.78 is 31.9. The zero-order chi connectivity index (χ0) is 14.2. The molecular formula is C7H10N3NaO7S. The third-order valence-electron chi connectivity index (χ3n) is 2.33. The maximum Gasteiger partial charge on any atom is 1.00 e. The summed E-state index contributed by atoms with van der Waals surface area (Å²) in [4.78, 5) is 33.1. The number of hydrogen-bond acceptors (Lipinski definition) is 7. The zero-order valence-corrected chi connectivity index (χ0v) is 12.9. The van der Waals surface area contributed by atoms with Gasteiger partial charge in [0, 0.05) is 0 Å².